The van der Waals surface area contributed by atoms with Gasteiger partial charge in [-0.2, -0.15) is 0 Å². The van der Waals surface area contributed by atoms with E-state index in [0.29, 0.717) is 17.9 Å². The number of hydrogen-bond donors (Lipinski definition) is 3. The highest BCUT2D eigenvalue weighted by Gasteiger charge is 2.18. The SMILES string of the molecule is CC(=CC(=O)c1cccnc1)NC(Cc1ccc(OCCc2ccc3c(c2)[nH]c2ccccc23)cc1)C(=O)O. The fraction of sp³-hybridized carbons (Fsp3) is 0.156. The molecule has 0 bridgehead atoms. The Morgan fingerprint density at radius 1 is 0.974 bits per heavy atom. The largest absolute Gasteiger partial charge is 0.493 e. The minimum Gasteiger partial charge on any atom is -0.493 e. The maximum absolute atomic E-state index is 12.4. The lowest BCUT2D eigenvalue weighted by Crippen LogP contribution is -2.37. The van der Waals surface area contributed by atoms with Crippen molar-refractivity contribution in [2.24, 2.45) is 0 Å². The van der Waals surface area contributed by atoms with Gasteiger partial charge < -0.3 is 20.1 Å². The average Bonchev–Trinajstić information content (AvgIpc) is 3.32. The number of ether oxygens (including phenoxy) is 1. The predicted molar refractivity (Wildman–Crippen MR) is 152 cm³/mol. The number of aromatic nitrogens is 2. The Hall–Kier alpha value is -4.91. The third-order valence-corrected chi connectivity index (χ3v) is 6.59. The number of aliphatic carboxylic acids is 1. The molecule has 0 saturated heterocycles. The zero-order valence-electron chi connectivity index (χ0n) is 21.6. The number of carboxylic acids is 1. The first-order valence-electron chi connectivity index (χ1n) is 12.8. The zero-order chi connectivity index (χ0) is 27.2. The standard InChI is InChI=1S/C32H29N3O4/c1-21(17-31(36)24-5-4-15-33-20-24)34-30(32(37)38)19-22-8-11-25(12-9-22)39-16-14-23-10-13-27-26-6-2-3-7-28(26)35-29(27)18-23/h2-13,15,17-18,20,30,34-35H,14,16,19H2,1H3,(H,37,38). The number of fused-ring (bicyclic) bond motifs is 3. The maximum Gasteiger partial charge on any atom is 0.326 e. The number of carbonyl (C=O) groups is 2. The molecule has 3 aromatic carbocycles. The molecule has 0 aliphatic rings. The van der Waals surface area contributed by atoms with Crippen molar-refractivity contribution in [3.63, 3.8) is 0 Å². The summed E-state index contributed by atoms with van der Waals surface area (Å²) in [6, 6.07) is 24.6. The van der Waals surface area contributed by atoms with E-state index in [4.69, 9.17) is 4.74 Å². The van der Waals surface area contributed by atoms with Gasteiger partial charge in [0.25, 0.3) is 0 Å². The molecule has 5 rings (SSSR count). The third-order valence-electron chi connectivity index (χ3n) is 6.59. The lowest BCUT2D eigenvalue weighted by Gasteiger charge is -2.16. The van der Waals surface area contributed by atoms with E-state index in [1.165, 1.54) is 28.6 Å². The molecule has 7 heteroatoms. The summed E-state index contributed by atoms with van der Waals surface area (Å²) in [7, 11) is 0. The van der Waals surface area contributed by atoms with E-state index in [1.54, 1.807) is 25.3 Å². The summed E-state index contributed by atoms with van der Waals surface area (Å²) in [5.41, 5.74) is 5.20. The van der Waals surface area contributed by atoms with Crippen molar-refractivity contribution in [2.45, 2.75) is 25.8 Å². The monoisotopic (exact) mass is 519 g/mol. The van der Waals surface area contributed by atoms with Gasteiger partial charge in [-0.15, -0.1) is 0 Å². The van der Waals surface area contributed by atoms with Gasteiger partial charge in [0, 0.05) is 64.4 Å². The molecule has 2 heterocycles. The molecule has 0 aliphatic heterocycles. The maximum atomic E-state index is 12.4. The Labute approximate surface area is 226 Å². The summed E-state index contributed by atoms with van der Waals surface area (Å²) in [5.74, 6) is -0.507. The number of nitrogens with zero attached hydrogens (tertiary/aromatic N) is 1. The van der Waals surface area contributed by atoms with Crippen molar-refractivity contribution in [3.05, 3.63) is 120 Å². The molecule has 0 fully saturated rings. The second-order valence-corrected chi connectivity index (χ2v) is 9.47. The Kier molecular flexibility index (Phi) is 7.68. The quantitative estimate of drug-likeness (QED) is 0.153. The molecule has 2 aromatic heterocycles. The molecule has 7 nitrogen and oxygen atoms in total. The van der Waals surface area contributed by atoms with Gasteiger partial charge in [0.2, 0.25) is 0 Å². The lowest BCUT2D eigenvalue weighted by atomic mass is 10.1. The van der Waals surface area contributed by atoms with E-state index in [1.807, 2.05) is 36.4 Å². The van der Waals surface area contributed by atoms with E-state index in [2.05, 4.69) is 45.6 Å². The normalized spacial score (nSPS) is 12.4. The van der Waals surface area contributed by atoms with Gasteiger partial charge >= 0.3 is 5.97 Å². The molecular formula is C32H29N3O4. The molecule has 39 heavy (non-hydrogen) atoms. The van der Waals surface area contributed by atoms with Crippen molar-refractivity contribution in [3.8, 4) is 5.75 Å². The minimum absolute atomic E-state index is 0.236. The minimum atomic E-state index is -0.996. The fourth-order valence-corrected chi connectivity index (χ4v) is 4.61. The molecular weight excluding hydrogens is 490 g/mol. The lowest BCUT2D eigenvalue weighted by molar-refractivity contribution is -0.139. The van der Waals surface area contributed by atoms with Crippen molar-refractivity contribution in [2.75, 3.05) is 6.61 Å². The third kappa shape index (κ3) is 6.33. The van der Waals surface area contributed by atoms with E-state index in [0.717, 1.165) is 28.8 Å². The van der Waals surface area contributed by atoms with Crippen LogP contribution in [0, 0.1) is 0 Å². The molecule has 196 valence electrons. The molecule has 1 atom stereocenters. The summed E-state index contributed by atoms with van der Waals surface area (Å²) < 4.78 is 5.94. The van der Waals surface area contributed by atoms with Crippen LogP contribution in [-0.2, 0) is 17.6 Å². The first-order valence-corrected chi connectivity index (χ1v) is 12.8. The molecule has 5 aromatic rings. The van der Waals surface area contributed by atoms with Crippen molar-refractivity contribution in [1.29, 1.82) is 0 Å². The number of H-pyrrole nitrogens is 1. The predicted octanol–water partition coefficient (Wildman–Crippen LogP) is 5.71. The number of rotatable bonds is 11. The van der Waals surface area contributed by atoms with Gasteiger partial charge in [0.15, 0.2) is 5.78 Å². The number of hydrogen-bond acceptors (Lipinski definition) is 5. The van der Waals surface area contributed by atoms with Crippen molar-refractivity contribution >= 4 is 33.6 Å². The fourth-order valence-electron chi connectivity index (χ4n) is 4.61. The van der Waals surface area contributed by atoms with Gasteiger partial charge in [-0.25, -0.2) is 4.79 Å². The molecule has 0 amide bonds. The topological polar surface area (TPSA) is 104 Å². The molecule has 0 radical (unpaired) electrons. The molecule has 0 saturated carbocycles. The summed E-state index contributed by atoms with van der Waals surface area (Å²) in [6.07, 6.45) is 5.48. The summed E-state index contributed by atoms with van der Waals surface area (Å²) in [4.78, 5) is 31.6. The van der Waals surface area contributed by atoms with Crippen LogP contribution in [0.3, 0.4) is 0 Å². The Balaban J connectivity index is 1.15. The first-order chi connectivity index (χ1) is 19.0. The Morgan fingerprint density at radius 2 is 1.74 bits per heavy atom. The molecule has 0 aliphatic carbocycles. The van der Waals surface area contributed by atoms with Gasteiger partial charge in [-0.3, -0.25) is 9.78 Å². The van der Waals surface area contributed by atoms with Crippen LogP contribution in [0.15, 0.2) is 103 Å². The first kappa shape index (κ1) is 25.7. The number of aromatic amines is 1. The number of benzene rings is 3. The number of allylic oxidation sites excluding steroid dienone is 2. The summed E-state index contributed by atoms with van der Waals surface area (Å²) >= 11 is 0. The number of ketones is 1. The Bertz CT molecular complexity index is 1640. The van der Waals surface area contributed by atoms with Crippen LogP contribution < -0.4 is 10.1 Å². The van der Waals surface area contributed by atoms with Crippen LogP contribution in [0.5, 0.6) is 5.75 Å². The highest BCUT2D eigenvalue weighted by Crippen LogP contribution is 2.26. The second-order valence-electron chi connectivity index (χ2n) is 9.47. The van der Waals surface area contributed by atoms with E-state index >= 15 is 0 Å². The smallest absolute Gasteiger partial charge is 0.326 e. The highest BCUT2D eigenvalue weighted by molar-refractivity contribution is 6.07. The molecule has 1 unspecified atom stereocenters. The van der Waals surface area contributed by atoms with Crippen LogP contribution in [0.2, 0.25) is 0 Å². The van der Waals surface area contributed by atoms with Crippen LogP contribution in [-0.4, -0.2) is 39.5 Å². The van der Waals surface area contributed by atoms with Crippen LogP contribution in [0.4, 0.5) is 0 Å². The Morgan fingerprint density at radius 3 is 2.51 bits per heavy atom. The van der Waals surface area contributed by atoms with Gasteiger partial charge in [0.1, 0.15) is 11.8 Å². The molecule has 0 spiro atoms. The van der Waals surface area contributed by atoms with Gasteiger partial charge in [0.05, 0.1) is 6.61 Å². The van der Waals surface area contributed by atoms with Crippen LogP contribution in [0.25, 0.3) is 21.8 Å². The van der Waals surface area contributed by atoms with Crippen molar-refractivity contribution in [1.82, 2.24) is 15.3 Å². The average molecular weight is 520 g/mol. The van der Waals surface area contributed by atoms with Gasteiger partial charge in [-0.1, -0.05) is 42.5 Å². The number of nitrogens with one attached hydrogen (secondary N) is 2. The highest BCUT2D eigenvalue weighted by atomic mass is 16.5. The number of carboxylic acid groups (broad SMARTS) is 1. The summed E-state index contributed by atoms with van der Waals surface area (Å²) in [6.45, 7) is 2.20. The summed E-state index contributed by atoms with van der Waals surface area (Å²) in [5, 5.41) is 15.1. The second kappa shape index (κ2) is 11.6. The van der Waals surface area contributed by atoms with Crippen LogP contribution >= 0.6 is 0 Å². The van der Waals surface area contributed by atoms with Crippen molar-refractivity contribution < 1.29 is 19.4 Å². The van der Waals surface area contributed by atoms with E-state index < -0.39 is 12.0 Å². The van der Waals surface area contributed by atoms with E-state index in [-0.39, 0.29) is 12.2 Å². The zero-order valence-corrected chi connectivity index (χ0v) is 21.6. The van der Waals surface area contributed by atoms with Gasteiger partial charge in [-0.05, 0) is 54.4 Å². The number of para-hydroxylation sites is 1. The number of pyridine rings is 1. The van der Waals surface area contributed by atoms with E-state index in [9.17, 15) is 14.7 Å². The van der Waals surface area contributed by atoms with Crippen LogP contribution in [0.1, 0.15) is 28.4 Å². The number of carbonyl (C=O) groups excluding carboxylic acids is 1. The molecule has 3 N–H and O–H groups in total.